The maximum absolute atomic E-state index is 12.8. The van der Waals surface area contributed by atoms with Crippen molar-refractivity contribution >= 4 is 29.7 Å². The molecule has 0 saturated carbocycles. The fourth-order valence-corrected chi connectivity index (χ4v) is 2.70. The van der Waals surface area contributed by atoms with E-state index in [1.165, 1.54) is 6.92 Å². The molecule has 184 valence electrons. The molecule has 32 heavy (non-hydrogen) atoms. The molecule has 0 spiro atoms. The van der Waals surface area contributed by atoms with E-state index >= 15 is 0 Å². The zero-order valence-electron chi connectivity index (χ0n) is 18.3. The molecule has 0 fully saturated rings. The van der Waals surface area contributed by atoms with Gasteiger partial charge in [0.1, 0.15) is 12.1 Å². The number of carbonyl (C=O) groups excluding carboxylic acids is 3. The Balaban J connectivity index is 5.43. The van der Waals surface area contributed by atoms with Crippen molar-refractivity contribution in [2.75, 3.05) is 19.6 Å². The average molecular weight is 461 g/mol. The monoisotopic (exact) mass is 460 g/mol. The molecule has 0 aliphatic rings. The Kier molecular flexibility index (Phi) is 14.3. The SMILES string of the molecule is CC(O)C(NC(=O)C(CCCN=C(N)N)NC(=O)C(CCCCN)NC(=O)CN)C(=O)O. The fraction of sp³-hybridized carbons (Fsp3) is 0.722. The number of nitrogens with one attached hydrogen (secondary N) is 3. The zero-order chi connectivity index (χ0) is 24.7. The minimum atomic E-state index is -1.57. The molecule has 0 aromatic heterocycles. The summed E-state index contributed by atoms with van der Waals surface area (Å²) in [6, 6.07) is -3.70. The van der Waals surface area contributed by atoms with Crippen molar-refractivity contribution in [1.29, 1.82) is 0 Å². The molecular formula is C18H36N8O6. The molecule has 0 aromatic rings. The minimum absolute atomic E-state index is 0.0703. The van der Waals surface area contributed by atoms with Crippen molar-refractivity contribution in [2.24, 2.45) is 27.9 Å². The number of carbonyl (C=O) groups is 4. The van der Waals surface area contributed by atoms with Crippen LogP contribution in [0.15, 0.2) is 4.99 Å². The first-order valence-corrected chi connectivity index (χ1v) is 10.3. The van der Waals surface area contributed by atoms with Crippen LogP contribution in [0, 0.1) is 0 Å². The number of amides is 3. The van der Waals surface area contributed by atoms with Crippen molar-refractivity contribution in [3.63, 3.8) is 0 Å². The molecule has 0 bridgehead atoms. The van der Waals surface area contributed by atoms with Gasteiger partial charge in [-0.15, -0.1) is 0 Å². The molecule has 3 amide bonds. The number of aliphatic imine (C=N–C) groups is 1. The lowest BCUT2D eigenvalue weighted by atomic mass is 10.1. The van der Waals surface area contributed by atoms with Crippen LogP contribution in [0.1, 0.15) is 39.0 Å². The number of guanidine groups is 1. The van der Waals surface area contributed by atoms with Crippen LogP contribution < -0.4 is 38.9 Å². The first-order chi connectivity index (χ1) is 15.0. The summed E-state index contributed by atoms with van der Waals surface area (Å²) in [6.45, 7) is 1.47. The number of unbranched alkanes of at least 4 members (excludes halogenated alkanes) is 1. The molecule has 14 nitrogen and oxygen atoms in total. The summed E-state index contributed by atoms with van der Waals surface area (Å²) in [5.74, 6) is -3.59. The van der Waals surface area contributed by atoms with Gasteiger partial charge in [-0.2, -0.15) is 0 Å². The van der Waals surface area contributed by atoms with Gasteiger partial charge in [-0.1, -0.05) is 0 Å². The third kappa shape index (κ3) is 12.0. The largest absolute Gasteiger partial charge is 0.480 e. The lowest BCUT2D eigenvalue weighted by molar-refractivity contribution is -0.145. The van der Waals surface area contributed by atoms with Crippen LogP contribution in [-0.2, 0) is 19.2 Å². The molecule has 0 saturated heterocycles. The highest BCUT2D eigenvalue weighted by Gasteiger charge is 2.31. The second-order valence-corrected chi connectivity index (χ2v) is 7.18. The highest BCUT2D eigenvalue weighted by atomic mass is 16.4. The number of carboxylic acids is 1. The lowest BCUT2D eigenvalue weighted by Crippen LogP contribution is -2.57. The predicted octanol–water partition coefficient (Wildman–Crippen LogP) is -3.95. The average Bonchev–Trinajstić information content (AvgIpc) is 2.72. The lowest BCUT2D eigenvalue weighted by Gasteiger charge is -2.25. The summed E-state index contributed by atoms with van der Waals surface area (Å²) in [5, 5.41) is 26.0. The Morgan fingerprint density at radius 2 is 1.47 bits per heavy atom. The molecule has 4 unspecified atom stereocenters. The first-order valence-electron chi connectivity index (χ1n) is 10.3. The quantitative estimate of drug-likeness (QED) is 0.0612. The summed E-state index contributed by atoms with van der Waals surface area (Å²) in [4.78, 5) is 52.3. The van der Waals surface area contributed by atoms with Gasteiger partial charge in [-0.25, -0.2) is 4.79 Å². The summed E-state index contributed by atoms with van der Waals surface area (Å²) in [7, 11) is 0. The van der Waals surface area contributed by atoms with E-state index in [4.69, 9.17) is 22.9 Å². The maximum Gasteiger partial charge on any atom is 0.328 e. The van der Waals surface area contributed by atoms with Gasteiger partial charge in [0.2, 0.25) is 17.7 Å². The van der Waals surface area contributed by atoms with E-state index in [0.29, 0.717) is 19.4 Å². The predicted molar refractivity (Wildman–Crippen MR) is 117 cm³/mol. The van der Waals surface area contributed by atoms with Crippen molar-refractivity contribution < 1.29 is 29.4 Å². The second kappa shape index (κ2) is 15.8. The van der Waals surface area contributed by atoms with E-state index in [2.05, 4.69) is 20.9 Å². The van der Waals surface area contributed by atoms with Gasteiger partial charge in [-0.3, -0.25) is 19.4 Å². The smallest absolute Gasteiger partial charge is 0.328 e. The van der Waals surface area contributed by atoms with Gasteiger partial charge >= 0.3 is 5.97 Å². The van der Waals surface area contributed by atoms with E-state index in [1.54, 1.807) is 0 Å². The normalized spacial score (nSPS) is 14.4. The number of aliphatic hydroxyl groups is 1. The molecule has 14 heteroatoms. The molecule has 4 atom stereocenters. The summed E-state index contributed by atoms with van der Waals surface area (Å²) >= 11 is 0. The topological polar surface area (TPSA) is 261 Å². The summed E-state index contributed by atoms with van der Waals surface area (Å²) < 4.78 is 0. The molecule has 0 aromatic carbocycles. The summed E-state index contributed by atoms with van der Waals surface area (Å²) in [6.07, 6.45) is 0.421. The molecule has 13 N–H and O–H groups in total. The molecule has 0 heterocycles. The molecule has 0 rings (SSSR count). The molecular weight excluding hydrogens is 424 g/mol. The van der Waals surface area contributed by atoms with E-state index < -0.39 is 47.9 Å². The first kappa shape index (κ1) is 29.0. The van der Waals surface area contributed by atoms with E-state index in [9.17, 15) is 29.4 Å². The van der Waals surface area contributed by atoms with Gasteiger partial charge in [0.25, 0.3) is 0 Å². The number of hydrogen-bond donors (Lipinski definition) is 9. The highest BCUT2D eigenvalue weighted by Crippen LogP contribution is 2.05. The van der Waals surface area contributed by atoms with Crippen molar-refractivity contribution in [2.45, 2.75) is 63.3 Å². The van der Waals surface area contributed by atoms with Gasteiger partial charge in [0.05, 0.1) is 12.6 Å². The number of nitrogens with two attached hydrogens (primary N) is 4. The Hall–Kier alpha value is -2.97. The number of aliphatic carboxylic acids is 1. The van der Waals surface area contributed by atoms with Gasteiger partial charge in [0.15, 0.2) is 12.0 Å². The summed E-state index contributed by atoms with van der Waals surface area (Å²) in [5.41, 5.74) is 21.3. The third-order valence-electron chi connectivity index (χ3n) is 4.41. The molecule has 0 aliphatic carbocycles. The van der Waals surface area contributed by atoms with Crippen LogP contribution in [0.3, 0.4) is 0 Å². The van der Waals surface area contributed by atoms with Gasteiger partial charge in [-0.05, 0) is 45.6 Å². The molecule has 0 radical (unpaired) electrons. The van der Waals surface area contributed by atoms with Gasteiger partial charge < -0.3 is 49.1 Å². The highest BCUT2D eigenvalue weighted by molar-refractivity contribution is 5.93. The molecule has 0 aliphatic heterocycles. The van der Waals surface area contributed by atoms with E-state index in [-0.39, 0.29) is 38.3 Å². The number of aliphatic hydroxyl groups excluding tert-OH is 1. The van der Waals surface area contributed by atoms with Crippen molar-refractivity contribution in [3.8, 4) is 0 Å². The van der Waals surface area contributed by atoms with Crippen LogP contribution in [-0.4, -0.2) is 83.7 Å². The van der Waals surface area contributed by atoms with E-state index in [0.717, 1.165) is 0 Å². The van der Waals surface area contributed by atoms with Crippen LogP contribution >= 0.6 is 0 Å². The fourth-order valence-electron chi connectivity index (χ4n) is 2.70. The van der Waals surface area contributed by atoms with Crippen LogP contribution in [0.25, 0.3) is 0 Å². The number of rotatable bonds is 16. The van der Waals surface area contributed by atoms with E-state index in [1.807, 2.05) is 0 Å². The Bertz CT molecular complexity index is 653. The van der Waals surface area contributed by atoms with Crippen molar-refractivity contribution in [1.82, 2.24) is 16.0 Å². The minimum Gasteiger partial charge on any atom is -0.480 e. The Labute approximate surface area is 186 Å². The van der Waals surface area contributed by atoms with Gasteiger partial charge in [0, 0.05) is 6.54 Å². The number of hydrogen-bond acceptors (Lipinski definition) is 8. The third-order valence-corrected chi connectivity index (χ3v) is 4.41. The van der Waals surface area contributed by atoms with Crippen molar-refractivity contribution in [3.05, 3.63) is 0 Å². The number of carboxylic acid groups (broad SMARTS) is 1. The Morgan fingerprint density at radius 3 is 1.97 bits per heavy atom. The van der Waals surface area contributed by atoms with Crippen LogP contribution in [0.4, 0.5) is 0 Å². The second-order valence-electron chi connectivity index (χ2n) is 7.18. The Morgan fingerprint density at radius 1 is 0.906 bits per heavy atom. The zero-order valence-corrected chi connectivity index (χ0v) is 18.3. The van der Waals surface area contributed by atoms with Crippen LogP contribution in [0.2, 0.25) is 0 Å². The maximum atomic E-state index is 12.8. The number of nitrogens with zero attached hydrogens (tertiary/aromatic N) is 1. The standard InChI is InChI=1S/C18H36N8O6/c1-10(27)14(17(31)32)26-16(30)12(6-4-8-23-18(21)22)25-15(29)11(5-2-3-7-19)24-13(28)9-20/h10-12,14,27H,2-9,19-20H2,1H3,(H,24,28)(H,25,29)(H,26,30)(H,31,32)(H4,21,22,23). The van der Waals surface area contributed by atoms with Crippen LogP contribution in [0.5, 0.6) is 0 Å².